The predicted molar refractivity (Wildman–Crippen MR) is 107 cm³/mol. The van der Waals surface area contributed by atoms with Gasteiger partial charge in [-0.3, -0.25) is 14.5 Å². The molecule has 4 rings (SSSR count). The van der Waals surface area contributed by atoms with E-state index < -0.39 is 0 Å². The highest BCUT2D eigenvalue weighted by Crippen LogP contribution is 2.14. The first-order chi connectivity index (χ1) is 13.2. The number of nitrogens with zero attached hydrogens (tertiary/aromatic N) is 1. The van der Waals surface area contributed by atoms with Gasteiger partial charge in [-0.1, -0.05) is 42.5 Å². The summed E-state index contributed by atoms with van der Waals surface area (Å²) in [7, 11) is 0. The van der Waals surface area contributed by atoms with Crippen LogP contribution < -0.4 is 10.9 Å². The van der Waals surface area contributed by atoms with E-state index in [4.69, 9.17) is 0 Å². The van der Waals surface area contributed by atoms with E-state index in [1.54, 1.807) is 6.07 Å². The van der Waals surface area contributed by atoms with Gasteiger partial charge in [0.05, 0.1) is 0 Å². The van der Waals surface area contributed by atoms with E-state index in [2.05, 4.69) is 27.3 Å². The molecule has 1 aliphatic rings. The first-order valence-corrected chi connectivity index (χ1v) is 9.39. The third-order valence-corrected chi connectivity index (χ3v) is 5.08. The number of aromatic nitrogens is 1. The Morgan fingerprint density at radius 2 is 1.70 bits per heavy atom. The number of hydrogen-bond donors (Lipinski definition) is 2. The molecule has 2 aromatic carbocycles. The summed E-state index contributed by atoms with van der Waals surface area (Å²) in [4.78, 5) is 29.8. The van der Waals surface area contributed by atoms with Crippen molar-refractivity contribution in [1.29, 1.82) is 0 Å². The number of H-pyrrole nitrogens is 1. The maximum atomic E-state index is 12.4. The Kier molecular flexibility index (Phi) is 5.03. The molecule has 1 aliphatic heterocycles. The van der Waals surface area contributed by atoms with Crippen LogP contribution in [-0.4, -0.2) is 28.9 Å². The molecule has 1 saturated heterocycles. The van der Waals surface area contributed by atoms with Gasteiger partial charge in [0.25, 0.3) is 11.5 Å². The van der Waals surface area contributed by atoms with Gasteiger partial charge < -0.3 is 10.3 Å². The number of amides is 1. The first kappa shape index (κ1) is 17.5. The number of benzene rings is 2. The molecule has 0 spiro atoms. The SMILES string of the molecule is O=C(NCc1ccc(CN2CCCC2)cc1)c1cc2ccccc2[nH]c1=O. The zero-order valence-electron chi connectivity index (χ0n) is 15.2. The molecule has 5 nitrogen and oxygen atoms in total. The molecule has 1 amide bonds. The van der Waals surface area contributed by atoms with Crippen LogP contribution >= 0.6 is 0 Å². The summed E-state index contributed by atoms with van der Waals surface area (Å²) >= 11 is 0. The van der Waals surface area contributed by atoms with Gasteiger partial charge in [0.2, 0.25) is 0 Å². The molecular formula is C22H23N3O2. The highest BCUT2D eigenvalue weighted by atomic mass is 16.2. The summed E-state index contributed by atoms with van der Waals surface area (Å²) in [6.45, 7) is 3.74. The van der Waals surface area contributed by atoms with Crippen molar-refractivity contribution in [2.75, 3.05) is 13.1 Å². The van der Waals surface area contributed by atoms with E-state index in [-0.39, 0.29) is 17.0 Å². The fourth-order valence-electron chi connectivity index (χ4n) is 3.56. The number of fused-ring (bicyclic) bond motifs is 1. The number of likely N-dealkylation sites (tertiary alicyclic amines) is 1. The van der Waals surface area contributed by atoms with Gasteiger partial charge in [-0.25, -0.2) is 0 Å². The van der Waals surface area contributed by atoms with Crippen molar-refractivity contribution in [3.8, 4) is 0 Å². The lowest BCUT2D eigenvalue weighted by Crippen LogP contribution is -2.29. The van der Waals surface area contributed by atoms with Crippen LogP contribution in [0.5, 0.6) is 0 Å². The number of para-hydroxylation sites is 1. The number of carbonyl (C=O) groups is 1. The molecule has 3 aromatic rings. The molecule has 0 radical (unpaired) electrons. The molecule has 2 heterocycles. The minimum atomic E-state index is -0.368. The lowest BCUT2D eigenvalue weighted by molar-refractivity contribution is 0.0949. The number of hydrogen-bond acceptors (Lipinski definition) is 3. The predicted octanol–water partition coefficient (Wildman–Crippen LogP) is 3.05. The molecule has 0 aliphatic carbocycles. The van der Waals surface area contributed by atoms with Crippen molar-refractivity contribution in [2.24, 2.45) is 0 Å². The van der Waals surface area contributed by atoms with Crippen LogP contribution in [0.3, 0.4) is 0 Å². The van der Waals surface area contributed by atoms with E-state index in [1.807, 2.05) is 36.4 Å². The lowest BCUT2D eigenvalue weighted by Gasteiger charge is -2.14. The maximum absolute atomic E-state index is 12.4. The fourth-order valence-corrected chi connectivity index (χ4v) is 3.56. The summed E-state index contributed by atoms with van der Waals surface area (Å²) in [5.74, 6) is -0.358. The Morgan fingerprint density at radius 3 is 2.48 bits per heavy atom. The van der Waals surface area contributed by atoms with Crippen LogP contribution in [-0.2, 0) is 13.1 Å². The zero-order valence-corrected chi connectivity index (χ0v) is 15.2. The second kappa shape index (κ2) is 7.76. The third kappa shape index (κ3) is 4.09. The number of rotatable bonds is 5. The minimum absolute atomic E-state index is 0.138. The highest BCUT2D eigenvalue weighted by Gasteiger charge is 2.13. The smallest absolute Gasteiger partial charge is 0.261 e. The van der Waals surface area contributed by atoms with E-state index in [1.165, 1.54) is 31.5 Å². The Morgan fingerprint density at radius 1 is 1.00 bits per heavy atom. The van der Waals surface area contributed by atoms with E-state index in [0.29, 0.717) is 6.54 Å². The Bertz CT molecular complexity index is 1000. The zero-order chi connectivity index (χ0) is 18.6. The quantitative estimate of drug-likeness (QED) is 0.734. The molecule has 0 bridgehead atoms. The summed E-state index contributed by atoms with van der Waals surface area (Å²) in [5, 5.41) is 3.69. The van der Waals surface area contributed by atoms with E-state index in [9.17, 15) is 9.59 Å². The third-order valence-electron chi connectivity index (χ3n) is 5.08. The maximum Gasteiger partial charge on any atom is 0.261 e. The van der Waals surface area contributed by atoms with Crippen molar-refractivity contribution in [2.45, 2.75) is 25.9 Å². The monoisotopic (exact) mass is 361 g/mol. The van der Waals surface area contributed by atoms with Crippen LogP contribution in [0.1, 0.15) is 34.3 Å². The second-order valence-electron chi connectivity index (χ2n) is 7.08. The second-order valence-corrected chi connectivity index (χ2v) is 7.08. The molecule has 138 valence electrons. The molecule has 1 fully saturated rings. The molecule has 1 aromatic heterocycles. The first-order valence-electron chi connectivity index (χ1n) is 9.39. The van der Waals surface area contributed by atoms with Gasteiger partial charge in [-0.2, -0.15) is 0 Å². The van der Waals surface area contributed by atoms with Gasteiger partial charge in [0, 0.05) is 18.6 Å². The van der Waals surface area contributed by atoms with E-state index >= 15 is 0 Å². The fraction of sp³-hybridized carbons (Fsp3) is 0.273. The van der Waals surface area contributed by atoms with Gasteiger partial charge in [-0.15, -0.1) is 0 Å². The van der Waals surface area contributed by atoms with Gasteiger partial charge in [-0.05, 0) is 54.6 Å². The van der Waals surface area contributed by atoms with Crippen LogP contribution in [0.4, 0.5) is 0 Å². The molecule has 27 heavy (non-hydrogen) atoms. The molecular weight excluding hydrogens is 338 g/mol. The van der Waals surface area contributed by atoms with Crippen LogP contribution in [0.2, 0.25) is 0 Å². The van der Waals surface area contributed by atoms with Crippen molar-refractivity contribution < 1.29 is 4.79 Å². The molecule has 0 atom stereocenters. The van der Waals surface area contributed by atoms with E-state index in [0.717, 1.165) is 23.0 Å². The van der Waals surface area contributed by atoms with Crippen molar-refractivity contribution in [3.63, 3.8) is 0 Å². The molecule has 2 N–H and O–H groups in total. The van der Waals surface area contributed by atoms with Gasteiger partial charge in [0.1, 0.15) is 5.56 Å². The Labute approximate surface area is 158 Å². The molecule has 0 saturated carbocycles. The highest BCUT2D eigenvalue weighted by molar-refractivity contribution is 5.97. The van der Waals surface area contributed by atoms with Crippen molar-refractivity contribution in [1.82, 2.24) is 15.2 Å². The minimum Gasteiger partial charge on any atom is -0.348 e. The van der Waals surface area contributed by atoms with Crippen LogP contribution in [0.25, 0.3) is 10.9 Å². The number of pyridine rings is 1. The normalized spacial score (nSPS) is 14.5. The van der Waals surface area contributed by atoms with Crippen LogP contribution in [0.15, 0.2) is 59.4 Å². The average Bonchev–Trinajstić information content (AvgIpc) is 3.19. The Hall–Kier alpha value is -2.92. The summed E-state index contributed by atoms with van der Waals surface area (Å²) < 4.78 is 0. The van der Waals surface area contributed by atoms with Gasteiger partial charge in [0.15, 0.2) is 0 Å². The summed E-state index contributed by atoms with van der Waals surface area (Å²) in [6.07, 6.45) is 2.58. The topological polar surface area (TPSA) is 65.2 Å². The van der Waals surface area contributed by atoms with Gasteiger partial charge >= 0.3 is 0 Å². The average molecular weight is 361 g/mol. The largest absolute Gasteiger partial charge is 0.348 e. The standard InChI is InChI=1S/C22H23N3O2/c26-21(19-13-18-5-1-2-6-20(18)24-22(19)27)23-14-16-7-9-17(10-8-16)15-25-11-3-4-12-25/h1-2,5-10,13H,3-4,11-12,14-15H2,(H,23,26)(H,24,27). The molecule has 0 unspecified atom stereocenters. The number of nitrogens with one attached hydrogen (secondary N) is 2. The summed E-state index contributed by atoms with van der Waals surface area (Å²) in [6, 6.07) is 17.4. The lowest BCUT2D eigenvalue weighted by atomic mass is 10.1. The Balaban J connectivity index is 1.40. The number of carbonyl (C=O) groups excluding carboxylic acids is 1. The summed E-state index contributed by atoms with van der Waals surface area (Å²) in [5.41, 5.74) is 2.81. The van der Waals surface area contributed by atoms with Crippen molar-refractivity contribution in [3.05, 3.63) is 81.6 Å². The number of aromatic amines is 1. The van der Waals surface area contributed by atoms with Crippen molar-refractivity contribution >= 4 is 16.8 Å². The molecule has 5 heteroatoms. The van der Waals surface area contributed by atoms with Crippen LogP contribution in [0, 0.1) is 0 Å².